The SMILES string of the molecule is CCN(Cc1cnc(Br)s1)c1n[c]([SnH]([CH3])[CH3])ccc1[N+](=O)[O-]. The summed E-state index contributed by atoms with van der Waals surface area (Å²) < 4.78 is 1.87. The number of nitrogens with zero attached hydrogens (tertiary/aromatic N) is 4. The Bertz CT molecular complexity index is 680. The van der Waals surface area contributed by atoms with Crippen molar-refractivity contribution in [3.8, 4) is 0 Å². The summed E-state index contributed by atoms with van der Waals surface area (Å²) in [6, 6.07) is 3.42. The summed E-state index contributed by atoms with van der Waals surface area (Å²) in [6.07, 6.45) is 1.79. The molecule has 0 spiro atoms. The van der Waals surface area contributed by atoms with Gasteiger partial charge in [-0.3, -0.25) is 0 Å². The van der Waals surface area contributed by atoms with Crippen LogP contribution in [0.4, 0.5) is 11.5 Å². The predicted octanol–water partition coefficient (Wildman–Crippen LogP) is 2.93. The average Bonchev–Trinajstić information content (AvgIpc) is 2.89. The Kier molecular flexibility index (Phi) is 6.16. The number of pyridine rings is 1. The van der Waals surface area contributed by atoms with Crippen LogP contribution in [0.2, 0.25) is 9.88 Å². The van der Waals surface area contributed by atoms with Crippen LogP contribution in [-0.2, 0) is 6.54 Å². The maximum absolute atomic E-state index is 11.3. The number of halogens is 1. The molecule has 2 heterocycles. The molecule has 0 saturated heterocycles. The first-order valence-corrected chi connectivity index (χ1v) is 16.8. The van der Waals surface area contributed by atoms with Crippen LogP contribution >= 0.6 is 27.3 Å². The summed E-state index contributed by atoms with van der Waals surface area (Å²) >= 11 is 3.07. The van der Waals surface area contributed by atoms with Crippen LogP contribution in [0.5, 0.6) is 0 Å². The monoisotopic (exact) mass is 492 g/mol. The van der Waals surface area contributed by atoms with E-state index in [-0.39, 0.29) is 10.6 Å². The molecule has 0 radical (unpaired) electrons. The van der Waals surface area contributed by atoms with E-state index >= 15 is 0 Å². The summed E-state index contributed by atoms with van der Waals surface area (Å²) in [4.78, 5) is 27.2. The molecule has 9 heteroatoms. The molecule has 6 nitrogen and oxygen atoms in total. The molecule has 0 aromatic carbocycles. The van der Waals surface area contributed by atoms with E-state index in [1.54, 1.807) is 12.3 Å². The molecule has 22 heavy (non-hydrogen) atoms. The number of rotatable bonds is 6. The second-order valence-corrected chi connectivity index (χ2v) is 15.8. The molecule has 0 atom stereocenters. The van der Waals surface area contributed by atoms with Gasteiger partial charge in [-0.05, 0) is 0 Å². The van der Waals surface area contributed by atoms with Gasteiger partial charge in [-0.25, -0.2) is 0 Å². The molecule has 0 bridgehead atoms. The van der Waals surface area contributed by atoms with Crippen LogP contribution in [-0.4, -0.2) is 41.2 Å². The van der Waals surface area contributed by atoms with E-state index in [1.165, 1.54) is 11.3 Å². The number of hydrogen-bond acceptors (Lipinski definition) is 6. The zero-order valence-corrected chi connectivity index (χ0v) is 18.3. The molecule has 118 valence electrons. The van der Waals surface area contributed by atoms with Crippen molar-refractivity contribution in [1.82, 2.24) is 9.97 Å². The first kappa shape index (κ1) is 17.6. The van der Waals surface area contributed by atoms with Crippen LogP contribution in [0, 0.1) is 10.1 Å². The number of anilines is 1. The predicted molar refractivity (Wildman–Crippen MR) is 95.9 cm³/mol. The molecule has 0 saturated carbocycles. The van der Waals surface area contributed by atoms with E-state index in [0.29, 0.717) is 18.9 Å². The van der Waals surface area contributed by atoms with Gasteiger partial charge in [-0.2, -0.15) is 0 Å². The summed E-state index contributed by atoms with van der Waals surface area (Å²) in [7, 11) is 0. The number of thiazole rings is 1. The van der Waals surface area contributed by atoms with Crippen molar-refractivity contribution < 1.29 is 4.92 Å². The van der Waals surface area contributed by atoms with Gasteiger partial charge >= 0.3 is 149 Å². The van der Waals surface area contributed by atoms with E-state index in [9.17, 15) is 10.1 Å². The second-order valence-electron chi connectivity index (χ2n) is 5.08. The first-order chi connectivity index (χ1) is 10.4. The summed E-state index contributed by atoms with van der Waals surface area (Å²) in [5.74, 6) is 0.472. The third-order valence-electron chi connectivity index (χ3n) is 3.22. The Labute approximate surface area is 148 Å². The normalized spacial score (nSPS) is 11.0. The minimum absolute atomic E-state index is 0.0705. The third kappa shape index (κ3) is 4.17. The third-order valence-corrected chi connectivity index (χ3v) is 8.97. The molecule has 2 aromatic heterocycles. The Morgan fingerprint density at radius 1 is 1.45 bits per heavy atom. The quantitative estimate of drug-likeness (QED) is 0.353. The fourth-order valence-corrected chi connectivity index (χ4v) is 5.87. The minimum atomic E-state index is -1.80. The standard InChI is InChI=1S/C11H10BrN4O2S.2CH3.Sn.H/c1-2-15(7-8-6-14-11(12)19-8)10-9(16(17)18)4-3-5-13-10;;;;/h3-4,6H,2,7H2,1H3;2*1H3;;. The van der Waals surface area contributed by atoms with Gasteiger partial charge in [0.15, 0.2) is 0 Å². The molecular formula is C13H17BrN4O2SSn. The van der Waals surface area contributed by atoms with Crippen molar-refractivity contribution in [2.45, 2.75) is 23.3 Å². The van der Waals surface area contributed by atoms with Crippen LogP contribution in [0.15, 0.2) is 22.2 Å². The van der Waals surface area contributed by atoms with Crippen molar-refractivity contribution in [2.75, 3.05) is 11.4 Å². The summed E-state index contributed by atoms with van der Waals surface area (Å²) in [5, 5.41) is 11.3. The molecule has 2 aromatic rings. The average molecular weight is 492 g/mol. The fourth-order valence-electron chi connectivity index (χ4n) is 2.03. The van der Waals surface area contributed by atoms with Gasteiger partial charge in [0.05, 0.1) is 0 Å². The molecule has 0 aliphatic carbocycles. The van der Waals surface area contributed by atoms with E-state index in [2.05, 4.69) is 35.8 Å². The van der Waals surface area contributed by atoms with Crippen molar-refractivity contribution in [2.24, 2.45) is 0 Å². The molecule has 2 rings (SSSR count). The zero-order chi connectivity index (χ0) is 16.3. The van der Waals surface area contributed by atoms with Crippen LogP contribution in [0.25, 0.3) is 0 Å². The second kappa shape index (κ2) is 7.69. The molecule has 0 aliphatic heterocycles. The molecule has 0 amide bonds. The van der Waals surface area contributed by atoms with Gasteiger partial charge < -0.3 is 0 Å². The van der Waals surface area contributed by atoms with Gasteiger partial charge in [-0.1, -0.05) is 0 Å². The molecule has 0 N–H and O–H groups in total. The first-order valence-electron chi connectivity index (χ1n) is 6.92. The zero-order valence-electron chi connectivity index (χ0n) is 12.6. The Morgan fingerprint density at radius 2 is 2.18 bits per heavy atom. The molecule has 0 aliphatic rings. The van der Waals surface area contributed by atoms with Gasteiger partial charge in [0.1, 0.15) is 0 Å². The van der Waals surface area contributed by atoms with Gasteiger partial charge in [0, 0.05) is 0 Å². The van der Waals surface area contributed by atoms with Crippen molar-refractivity contribution in [1.29, 1.82) is 0 Å². The Morgan fingerprint density at radius 3 is 2.68 bits per heavy atom. The fraction of sp³-hybridized carbons (Fsp3) is 0.385. The summed E-state index contributed by atoms with van der Waals surface area (Å²) in [5.41, 5.74) is 0.0705. The van der Waals surface area contributed by atoms with E-state index in [1.807, 2.05) is 17.9 Å². The number of nitro groups is 1. The van der Waals surface area contributed by atoms with Crippen LogP contribution in [0.1, 0.15) is 11.8 Å². The van der Waals surface area contributed by atoms with E-state index < -0.39 is 19.8 Å². The number of hydrogen-bond donors (Lipinski definition) is 0. The molecule has 0 fully saturated rings. The van der Waals surface area contributed by atoms with Gasteiger partial charge in [0.2, 0.25) is 0 Å². The van der Waals surface area contributed by atoms with E-state index in [0.717, 1.165) is 12.5 Å². The van der Waals surface area contributed by atoms with Gasteiger partial charge in [-0.15, -0.1) is 0 Å². The van der Waals surface area contributed by atoms with Crippen molar-refractivity contribution in [3.05, 3.63) is 37.2 Å². The Hall–Kier alpha value is -0.741. The Balaban J connectivity index is 2.41. The molecule has 0 unspecified atom stereocenters. The van der Waals surface area contributed by atoms with Crippen LogP contribution in [0.3, 0.4) is 0 Å². The van der Waals surface area contributed by atoms with Crippen molar-refractivity contribution >= 4 is 62.2 Å². The van der Waals surface area contributed by atoms with Crippen molar-refractivity contribution in [3.63, 3.8) is 0 Å². The maximum atomic E-state index is 11.3. The topological polar surface area (TPSA) is 72.2 Å². The number of aromatic nitrogens is 2. The van der Waals surface area contributed by atoms with E-state index in [4.69, 9.17) is 0 Å². The van der Waals surface area contributed by atoms with Gasteiger partial charge in [0.25, 0.3) is 0 Å². The summed E-state index contributed by atoms with van der Waals surface area (Å²) in [6.45, 7) is 3.21. The molecular weight excluding hydrogens is 475 g/mol. The van der Waals surface area contributed by atoms with Crippen LogP contribution < -0.4 is 8.61 Å².